The average molecular weight is 439 g/mol. The van der Waals surface area contributed by atoms with Crippen molar-refractivity contribution in [2.75, 3.05) is 10.8 Å². The van der Waals surface area contributed by atoms with Crippen LogP contribution in [-0.2, 0) is 21.4 Å². The van der Waals surface area contributed by atoms with Crippen molar-refractivity contribution in [1.29, 1.82) is 0 Å². The van der Waals surface area contributed by atoms with E-state index in [0.29, 0.717) is 22.2 Å². The molecular weight excluding hydrogens is 407 g/mol. The van der Waals surface area contributed by atoms with E-state index in [2.05, 4.69) is 0 Å². The van der Waals surface area contributed by atoms with Gasteiger partial charge in [-0.25, -0.2) is 13.4 Å². The lowest BCUT2D eigenvalue weighted by Crippen LogP contribution is -2.30. The van der Waals surface area contributed by atoms with Crippen LogP contribution in [-0.4, -0.2) is 26.0 Å². The zero-order valence-electron chi connectivity index (χ0n) is 17.3. The lowest BCUT2D eigenvalue weighted by atomic mass is 9.75. The number of carbonyl (C=O) groups excluding carboxylic acids is 1. The van der Waals surface area contributed by atoms with Crippen molar-refractivity contribution in [3.63, 3.8) is 0 Å². The van der Waals surface area contributed by atoms with Crippen molar-refractivity contribution < 1.29 is 22.7 Å². The van der Waals surface area contributed by atoms with E-state index < -0.39 is 39.9 Å². The molecular formula is C22H31FN2O4S. The molecule has 166 valence electrons. The Morgan fingerprint density at radius 3 is 2.37 bits per heavy atom. The highest BCUT2D eigenvalue weighted by atomic mass is 32.2. The van der Waals surface area contributed by atoms with E-state index in [1.54, 1.807) is 4.72 Å². The molecule has 2 N–H and O–H groups in total. The molecule has 2 saturated carbocycles. The lowest BCUT2D eigenvalue weighted by molar-refractivity contribution is -0.117. The number of nitrogens with one attached hydrogen (secondary N) is 1. The molecule has 1 aromatic rings. The van der Waals surface area contributed by atoms with Gasteiger partial charge in [-0.15, -0.1) is 0 Å². The first-order valence-corrected chi connectivity index (χ1v) is 12.6. The minimum absolute atomic E-state index is 0.446. The molecule has 1 aliphatic heterocycles. The Hall–Kier alpha value is -1.83. The Bertz CT molecular complexity index is 877. The average Bonchev–Trinajstić information content (AvgIpc) is 2.89. The van der Waals surface area contributed by atoms with Gasteiger partial charge in [-0.3, -0.25) is 4.79 Å². The van der Waals surface area contributed by atoms with Gasteiger partial charge < -0.3 is 5.11 Å². The maximum absolute atomic E-state index is 14.7. The second kappa shape index (κ2) is 8.73. The topological polar surface area (TPSA) is 86.7 Å². The summed E-state index contributed by atoms with van der Waals surface area (Å²) in [5, 5.41) is 10.3. The Balaban J connectivity index is 1.38. The van der Waals surface area contributed by atoms with Gasteiger partial charge in [-0.05, 0) is 48.3 Å². The molecule has 8 heteroatoms. The first kappa shape index (κ1) is 21.4. The number of phenols is 1. The predicted octanol–water partition coefficient (Wildman–Crippen LogP) is 4.03. The fourth-order valence-electron chi connectivity index (χ4n) is 5.31. The molecule has 2 atom stereocenters. The molecule has 6 nitrogen and oxygen atoms in total. The van der Waals surface area contributed by atoms with Crippen LogP contribution in [0.2, 0.25) is 0 Å². The Morgan fingerprint density at radius 2 is 1.73 bits per heavy atom. The Kier molecular flexibility index (Phi) is 6.23. The number of rotatable bonds is 7. The minimum atomic E-state index is -4.16. The Morgan fingerprint density at radius 1 is 1.07 bits per heavy atom. The van der Waals surface area contributed by atoms with Crippen LogP contribution in [0.3, 0.4) is 0 Å². The standard InChI is InChI=1S/C22H31FN2O4S/c23-19-12-18(13-20(26)22(19)25-14-21(27)24-30(25,28)29)11-17-9-3-8-16(10-17)7-2-6-15-4-1-5-15/h12-13,15-17,26H,1-11,14H2,(H,24,27). The van der Waals surface area contributed by atoms with Gasteiger partial charge in [0.1, 0.15) is 18.0 Å². The van der Waals surface area contributed by atoms with Crippen LogP contribution in [0.5, 0.6) is 5.75 Å². The summed E-state index contributed by atoms with van der Waals surface area (Å²) in [5.74, 6) is 0.127. The van der Waals surface area contributed by atoms with E-state index in [0.717, 1.165) is 24.7 Å². The van der Waals surface area contributed by atoms with Crippen molar-refractivity contribution in [2.45, 2.75) is 70.6 Å². The highest BCUT2D eigenvalue weighted by Gasteiger charge is 2.37. The van der Waals surface area contributed by atoms with Gasteiger partial charge in [0, 0.05) is 0 Å². The predicted molar refractivity (Wildman–Crippen MR) is 113 cm³/mol. The van der Waals surface area contributed by atoms with Crippen LogP contribution in [0, 0.1) is 23.6 Å². The molecule has 0 radical (unpaired) electrons. The molecule has 1 heterocycles. The number of anilines is 1. The number of benzene rings is 1. The monoisotopic (exact) mass is 438 g/mol. The number of hydrogen-bond donors (Lipinski definition) is 2. The highest BCUT2D eigenvalue weighted by Crippen LogP contribution is 2.39. The summed E-state index contributed by atoms with van der Waals surface area (Å²) >= 11 is 0. The maximum atomic E-state index is 14.7. The summed E-state index contributed by atoms with van der Waals surface area (Å²) in [6.45, 7) is -0.530. The van der Waals surface area contributed by atoms with Gasteiger partial charge in [-0.1, -0.05) is 57.8 Å². The fraction of sp³-hybridized carbons (Fsp3) is 0.682. The molecule has 4 rings (SSSR count). The van der Waals surface area contributed by atoms with Crippen molar-refractivity contribution in [3.05, 3.63) is 23.5 Å². The number of halogens is 1. The van der Waals surface area contributed by atoms with Gasteiger partial charge in [0.15, 0.2) is 5.82 Å². The summed E-state index contributed by atoms with van der Waals surface area (Å²) in [4.78, 5) is 11.4. The maximum Gasteiger partial charge on any atom is 0.326 e. The van der Waals surface area contributed by atoms with Crippen molar-refractivity contribution >= 4 is 21.8 Å². The number of phenolic OH excluding ortho intramolecular Hbond substituents is 1. The third-order valence-electron chi connectivity index (χ3n) is 7.04. The first-order chi connectivity index (χ1) is 14.3. The summed E-state index contributed by atoms with van der Waals surface area (Å²) in [6, 6.07) is 2.74. The van der Waals surface area contributed by atoms with E-state index in [1.807, 2.05) is 0 Å². The largest absolute Gasteiger partial charge is 0.506 e. The molecule has 0 aromatic heterocycles. The van der Waals surface area contributed by atoms with E-state index >= 15 is 0 Å². The van der Waals surface area contributed by atoms with Crippen molar-refractivity contribution in [3.8, 4) is 5.75 Å². The summed E-state index contributed by atoms with van der Waals surface area (Å²) in [7, 11) is -4.16. The van der Waals surface area contributed by atoms with Crippen molar-refractivity contribution in [2.24, 2.45) is 17.8 Å². The number of hydrogen-bond acceptors (Lipinski definition) is 4. The molecule has 1 saturated heterocycles. The molecule has 0 bridgehead atoms. The van der Waals surface area contributed by atoms with Gasteiger partial charge >= 0.3 is 10.2 Å². The van der Waals surface area contributed by atoms with Crippen LogP contribution in [0.4, 0.5) is 10.1 Å². The fourth-order valence-corrected chi connectivity index (χ4v) is 6.48. The van der Waals surface area contributed by atoms with Crippen LogP contribution in [0.15, 0.2) is 12.1 Å². The molecule has 3 fully saturated rings. The highest BCUT2D eigenvalue weighted by molar-refractivity contribution is 7.92. The van der Waals surface area contributed by atoms with E-state index in [-0.39, 0.29) is 0 Å². The zero-order chi connectivity index (χ0) is 21.3. The van der Waals surface area contributed by atoms with E-state index in [9.17, 15) is 22.7 Å². The van der Waals surface area contributed by atoms with Gasteiger partial charge in [0.25, 0.3) is 5.91 Å². The second-order valence-corrected chi connectivity index (χ2v) is 10.9. The first-order valence-electron chi connectivity index (χ1n) is 11.2. The van der Waals surface area contributed by atoms with Crippen LogP contribution >= 0.6 is 0 Å². The molecule has 30 heavy (non-hydrogen) atoms. The molecule has 0 spiro atoms. The minimum Gasteiger partial charge on any atom is -0.506 e. The molecule has 2 unspecified atom stereocenters. The SMILES string of the molecule is O=C1CN(c2c(O)cc(CC3CCCC(CCCC4CCC4)C3)cc2F)S(=O)(=O)N1. The molecule has 2 aliphatic carbocycles. The number of nitrogens with zero attached hydrogens (tertiary/aromatic N) is 1. The zero-order valence-corrected chi connectivity index (χ0v) is 18.1. The third-order valence-corrected chi connectivity index (χ3v) is 8.42. The second-order valence-electron chi connectivity index (χ2n) is 9.31. The van der Waals surface area contributed by atoms with Crippen molar-refractivity contribution in [1.82, 2.24) is 4.72 Å². The van der Waals surface area contributed by atoms with Gasteiger partial charge in [0.05, 0.1) is 0 Å². The van der Waals surface area contributed by atoms with Crippen LogP contribution < -0.4 is 9.03 Å². The number of aromatic hydroxyl groups is 1. The molecule has 1 amide bonds. The molecule has 1 aromatic carbocycles. The molecule has 3 aliphatic rings. The number of carbonyl (C=O) groups is 1. The summed E-state index contributed by atoms with van der Waals surface area (Å²) in [6.07, 6.45) is 13.5. The summed E-state index contributed by atoms with van der Waals surface area (Å²) < 4.78 is 41.1. The van der Waals surface area contributed by atoms with Gasteiger partial charge in [0.2, 0.25) is 0 Å². The smallest absolute Gasteiger partial charge is 0.326 e. The third kappa shape index (κ3) is 4.74. The van der Waals surface area contributed by atoms with Gasteiger partial charge in [-0.2, -0.15) is 8.42 Å². The normalized spacial score (nSPS) is 26.4. The Labute approximate surface area is 178 Å². The van der Waals surface area contributed by atoms with E-state index in [1.165, 1.54) is 63.5 Å². The van der Waals surface area contributed by atoms with E-state index in [4.69, 9.17) is 0 Å². The lowest BCUT2D eigenvalue weighted by Gasteiger charge is -2.31. The van der Waals surface area contributed by atoms with Crippen LogP contribution in [0.25, 0.3) is 0 Å². The quantitative estimate of drug-likeness (QED) is 0.673. The van der Waals surface area contributed by atoms with Crippen LogP contribution in [0.1, 0.15) is 69.8 Å². The summed E-state index contributed by atoms with van der Waals surface area (Å²) in [5.41, 5.74) is 0.208. The number of amides is 1.